The summed E-state index contributed by atoms with van der Waals surface area (Å²) in [6.45, 7) is 4.51. The Hall–Kier alpha value is -1.59. The molecule has 1 fully saturated rings. The molecule has 0 aliphatic heterocycles. The van der Waals surface area contributed by atoms with Crippen LogP contribution in [0.1, 0.15) is 35.0 Å². The molecule has 3 rings (SSSR count). The smallest absolute Gasteiger partial charge is 0.262 e. The third kappa shape index (κ3) is 2.59. The van der Waals surface area contributed by atoms with E-state index in [1.807, 2.05) is 32.0 Å². The van der Waals surface area contributed by atoms with Crippen molar-refractivity contribution in [2.75, 3.05) is 13.7 Å². The van der Waals surface area contributed by atoms with Crippen LogP contribution in [0.2, 0.25) is 0 Å². The maximum atomic E-state index is 12.7. The predicted molar refractivity (Wildman–Crippen MR) is 90.8 cm³/mol. The fourth-order valence-electron chi connectivity index (χ4n) is 2.90. The van der Waals surface area contributed by atoms with Gasteiger partial charge in [0.1, 0.15) is 5.75 Å². The number of nitrogens with one attached hydrogen (secondary N) is 1. The molecule has 0 bridgehead atoms. The van der Waals surface area contributed by atoms with E-state index in [0.29, 0.717) is 12.5 Å². The second-order valence-electron chi connectivity index (χ2n) is 6.27. The van der Waals surface area contributed by atoms with Crippen molar-refractivity contribution >= 4 is 27.3 Å². The monoisotopic (exact) mass is 318 g/mol. The van der Waals surface area contributed by atoms with E-state index in [4.69, 9.17) is 10.5 Å². The Morgan fingerprint density at radius 2 is 2.23 bits per heavy atom. The van der Waals surface area contributed by atoms with Crippen LogP contribution in [-0.2, 0) is 0 Å². The minimum Gasteiger partial charge on any atom is -0.497 e. The van der Waals surface area contributed by atoms with Crippen LogP contribution in [0.15, 0.2) is 18.2 Å². The molecule has 3 N–H and O–H groups in total. The zero-order chi connectivity index (χ0) is 15.9. The van der Waals surface area contributed by atoms with Gasteiger partial charge in [0.05, 0.1) is 17.5 Å². The average molecular weight is 318 g/mol. The SMILES string of the molecule is COc1ccc2sc(C(=O)NC(C)(CN)C3CC3)c(C)c2c1. The van der Waals surface area contributed by atoms with Crippen LogP contribution in [-0.4, -0.2) is 25.1 Å². The van der Waals surface area contributed by atoms with Crippen LogP contribution in [0.4, 0.5) is 0 Å². The third-order valence-electron chi connectivity index (χ3n) is 4.65. The Kier molecular flexibility index (Phi) is 3.87. The normalized spacial score (nSPS) is 17.3. The molecule has 4 nitrogen and oxygen atoms in total. The molecule has 1 unspecified atom stereocenters. The van der Waals surface area contributed by atoms with Crippen molar-refractivity contribution in [2.45, 2.75) is 32.2 Å². The van der Waals surface area contributed by atoms with Gasteiger partial charge in [-0.3, -0.25) is 4.79 Å². The van der Waals surface area contributed by atoms with Gasteiger partial charge in [-0.25, -0.2) is 0 Å². The summed E-state index contributed by atoms with van der Waals surface area (Å²) in [5.74, 6) is 1.30. The molecule has 1 aliphatic carbocycles. The summed E-state index contributed by atoms with van der Waals surface area (Å²) in [5, 5.41) is 4.25. The molecule has 1 aliphatic rings. The summed E-state index contributed by atoms with van der Waals surface area (Å²) in [6, 6.07) is 5.92. The molecule has 118 valence electrons. The molecule has 1 aromatic heterocycles. The highest BCUT2D eigenvalue weighted by Crippen LogP contribution is 2.40. The number of hydrogen-bond donors (Lipinski definition) is 2. The minimum atomic E-state index is -0.294. The van der Waals surface area contributed by atoms with Crippen LogP contribution in [0.3, 0.4) is 0 Å². The number of amides is 1. The molecule has 2 aromatic rings. The molecule has 0 radical (unpaired) electrons. The Bertz CT molecular complexity index is 721. The molecule has 22 heavy (non-hydrogen) atoms. The molecule has 5 heteroatoms. The first kappa shape index (κ1) is 15.3. The molecule has 0 spiro atoms. The van der Waals surface area contributed by atoms with Crippen molar-refractivity contribution in [3.8, 4) is 5.75 Å². The topological polar surface area (TPSA) is 64.3 Å². The summed E-state index contributed by atoms with van der Waals surface area (Å²) < 4.78 is 6.37. The van der Waals surface area contributed by atoms with Crippen molar-refractivity contribution in [1.29, 1.82) is 0 Å². The molecule has 1 heterocycles. The lowest BCUT2D eigenvalue weighted by Crippen LogP contribution is -2.53. The lowest BCUT2D eigenvalue weighted by atomic mass is 9.95. The maximum absolute atomic E-state index is 12.7. The van der Waals surface area contributed by atoms with Gasteiger partial charge in [0.2, 0.25) is 0 Å². The van der Waals surface area contributed by atoms with Crippen LogP contribution in [0.25, 0.3) is 10.1 Å². The second-order valence-corrected chi connectivity index (χ2v) is 7.32. The first-order valence-electron chi connectivity index (χ1n) is 7.58. The summed E-state index contributed by atoms with van der Waals surface area (Å²) in [7, 11) is 1.65. The highest BCUT2D eigenvalue weighted by atomic mass is 32.1. The first-order valence-corrected chi connectivity index (χ1v) is 8.40. The molecule has 1 amide bonds. The molecule has 1 atom stereocenters. The Morgan fingerprint density at radius 1 is 1.50 bits per heavy atom. The van der Waals surface area contributed by atoms with Crippen LogP contribution < -0.4 is 15.8 Å². The summed E-state index contributed by atoms with van der Waals surface area (Å²) in [6.07, 6.45) is 2.30. The van der Waals surface area contributed by atoms with Crippen molar-refractivity contribution in [1.82, 2.24) is 5.32 Å². The molecule has 1 aromatic carbocycles. The number of thiophene rings is 1. The number of fused-ring (bicyclic) bond motifs is 1. The lowest BCUT2D eigenvalue weighted by molar-refractivity contribution is 0.0901. The largest absolute Gasteiger partial charge is 0.497 e. The number of ether oxygens (including phenoxy) is 1. The fraction of sp³-hybridized carbons (Fsp3) is 0.471. The number of benzene rings is 1. The van der Waals surface area contributed by atoms with E-state index in [2.05, 4.69) is 5.32 Å². The Labute approximate surface area is 134 Å². The molecular weight excluding hydrogens is 296 g/mol. The van der Waals surface area contributed by atoms with Gasteiger partial charge in [-0.15, -0.1) is 11.3 Å². The quantitative estimate of drug-likeness (QED) is 0.890. The lowest BCUT2D eigenvalue weighted by Gasteiger charge is -2.29. The summed E-state index contributed by atoms with van der Waals surface area (Å²) in [4.78, 5) is 13.5. The van der Waals surface area contributed by atoms with Gasteiger partial charge in [0.25, 0.3) is 5.91 Å². The summed E-state index contributed by atoms with van der Waals surface area (Å²) in [5.41, 5.74) is 6.61. The number of nitrogens with two attached hydrogens (primary N) is 1. The fourth-order valence-corrected chi connectivity index (χ4v) is 3.98. The summed E-state index contributed by atoms with van der Waals surface area (Å²) >= 11 is 1.53. The van der Waals surface area contributed by atoms with E-state index in [1.54, 1.807) is 7.11 Å². The highest BCUT2D eigenvalue weighted by Gasteiger charge is 2.42. The van der Waals surface area contributed by atoms with Crippen molar-refractivity contribution < 1.29 is 9.53 Å². The van der Waals surface area contributed by atoms with Gasteiger partial charge in [0, 0.05) is 11.2 Å². The number of rotatable bonds is 5. The zero-order valence-corrected chi connectivity index (χ0v) is 14.0. The van der Waals surface area contributed by atoms with Crippen LogP contribution >= 0.6 is 11.3 Å². The van der Waals surface area contributed by atoms with Gasteiger partial charge in [-0.05, 0) is 61.8 Å². The van der Waals surface area contributed by atoms with Gasteiger partial charge >= 0.3 is 0 Å². The second kappa shape index (κ2) is 5.56. The van der Waals surface area contributed by atoms with Gasteiger partial charge in [0.15, 0.2) is 0 Å². The average Bonchev–Trinajstić information content (AvgIpc) is 3.32. The highest BCUT2D eigenvalue weighted by molar-refractivity contribution is 7.21. The number of hydrogen-bond acceptors (Lipinski definition) is 4. The number of carbonyl (C=O) groups excluding carboxylic acids is 1. The Balaban J connectivity index is 1.92. The van der Waals surface area contributed by atoms with Crippen molar-refractivity contribution in [2.24, 2.45) is 11.7 Å². The predicted octanol–water partition coefficient (Wildman–Crippen LogP) is 3.08. The standard InChI is InChI=1S/C17H22N2O2S/c1-10-13-8-12(21-3)6-7-14(13)22-15(10)16(20)19-17(2,9-18)11-4-5-11/h6-8,11H,4-5,9,18H2,1-3H3,(H,19,20). The van der Waals surface area contributed by atoms with Gasteiger partial charge in [-0.1, -0.05) is 0 Å². The van der Waals surface area contributed by atoms with E-state index in [0.717, 1.165) is 39.1 Å². The van der Waals surface area contributed by atoms with Crippen molar-refractivity contribution in [3.05, 3.63) is 28.6 Å². The van der Waals surface area contributed by atoms with Crippen LogP contribution in [0.5, 0.6) is 5.75 Å². The third-order valence-corrected chi connectivity index (χ3v) is 5.92. The van der Waals surface area contributed by atoms with E-state index in [9.17, 15) is 4.79 Å². The van der Waals surface area contributed by atoms with Gasteiger partial charge in [-0.2, -0.15) is 0 Å². The minimum absolute atomic E-state index is 0.0162. The first-order chi connectivity index (χ1) is 10.5. The number of methoxy groups -OCH3 is 1. The van der Waals surface area contributed by atoms with E-state index in [1.165, 1.54) is 11.3 Å². The maximum Gasteiger partial charge on any atom is 0.262 e. The zero-order valence-electron chi connectivity index (χ0n) is 13.2. The van der Waals surface area contributed by atoms with E-state index < -0.39 is 0 Å². The number of carbonyl (C=O) groups is 1. The van der Waals surface area contributed by atoms with E-state index >= 15 is 0 Å². The molecule has 1 saturated carbocycles. The van der Waals surface area contributed by atoms with E-state index in [-0.39, 0.29) is 11.4 Å². The van der Waals surface area contributed by atoms with Crippen molar-refractivity contribution in [3.63, 3.8) is 0 Å². The molecular formula is C17H22N2O2S. The molecule has 0 saturated heterocycles. The Morgan fingerprint density at radius 3 is 2.82 bits per heavy atom. The number of aryl methyl sites for hydroxylation is 1. The van der Waals surface area contributed by atoms with Gasteiger partial charge < -0.3 is 15.8 Å². The van der Waals surface area contributed by atoms with Crippen LogP contribution in [0, 0.1) is 12.8 Å².